The molecule has 0 saturated heterocycles. The van der Waals surface area contributed by atoms with E-state index in [1.807, 2.05) is 6.92 Å². The zero-order chi connectivity index (χ0) is 14.6. The summed E-state index contributed by atoms with van der Waals surface area (Å²) in [4.78, 5) is 32.6. The molecule has 0 heterocycles. The van der Waals surface area contributed by atoms with E-state index >= 15 is 0 Å². The average molecular weight is 424 g/mol. The van der Waals surface area contributed by atoms with E-state index in [-0.39, 0.29) is 82.5 Å². The van der Waals surface area contributed by atoms with Crippen molar-refractivity contribution in [1.29, 1.82) is 0 Å². The minimum atomic E-state index is -1.25. The number of halogens is 3. The molecular weight excluding hydrogens is 406 g/mol. The van der Waals surface area contributed by atoms with Gasteiger partial charge < -0.3 is 10.4 Å². The molecule has 7 nitrogen and oxygen atoms in total. The van der Waals surface area contributed by atoms with Crippen molar-refractivity contribution in [3.63, 3.8) is 0 Å². The Bertz CT molecular complexity index is 558. The van der Waals surface area contributed by atoms with E-state index in [1.54, 1.807) is 0 Å². The molecule has 0 radical (unpaired) electrons. The van der Waals surface area contributed by atoms with Gasteiger partial charge in [0.25, 0.3) is 5.69 Å². The standard InChI is InChI=1S/C12H14N2O5.3ClH.Ti/c1-3-4-10(15)13-11-7(2)5-8(12(16)17)6-9(11)14(18)19;;;;/h5-6H,3-4H2,1-2H3,(H,13,15)(H,16,17);3*1H;. The van der Waals surface area contributed by atoms with Gasteiger partial charge >= 0.3 is 5.97 Å². The zero-order valence-corrected chi connectivity index (χ0v) is 16.3. The van der Waals surface area contributed by atoms with Crippen LogP contribution in [-0.4, -0.2) is 21.9 Å². The van der Waals surface area contributed by atoms with Crippen LogP contribution < -0.4 is 5.32 Å². The molecule has 1 aromatic rings. The van der Waals surface area contributed by atoms with Gasteiger partial charge in [-0.25, -0.2) is 4.79 Å². The molecule has 0 unspecified atom stereocenters. The Morgan fingerprint density at radius 3 is 2.17 bits per heavy atom. The van der Waals surface area contributed by atoms with E-state index < -0.39 is 16.6 Å². The second-order valence-electron chi connectivity index (χ2n) is 4.05. The smallest absolute Gasteiger partial charge is 0.335 e. The van der Waals surface area contributed by atoms with Gasteiger partial charge in [0.15, 0.2) is 0 Å². The summed E-state index contributed by atoms with van der Waals surface area (Å²) in [5.74, 6) is -1.59. The molecule has 0 aromatic heterocycles. The summed E-state index contributed by atoms with van der Waals surface area (Å²) in [6.07, 6.45) is 0.864. The Kier molecular flexibility index (Phi) is 17.7. The second kappa shape index (κ2) is 13.6. The second-order valence-corrected chi connectivity index (χ2v) is 4.05. The summed E-state index contributed by atoms with van der Waals surface area (Å²) < 4.78 is 0. The third-order valence-electron chi connectivity index (χ3n) is 2.50. The quantitative estimate of drug-likeness (QED) is 0.427. The summed E-state index contributed by atoms with van der Waals surface area (Å²) in [6.45, 7) is 3.33. The number of nitrogens with zero attached hydrogens (tertiary/aromatic N) is 1. The number of carbonyl (C=O) groups excluding carboxylic acids is 1. The fraction of sp³-hybridized carbons (Fsp3) is 0.333. The largest absolute Gasteiger partial charge is 0.478 e. The molecule has 2 N–H and O–H groups in total. The maximum atomic E-state index is 11.5. The van der Waals surface area contributed by atoms with Gasteiger partial charge in [-0.05, 0) is 25.0 Å². The first-order chi connectivity index (χ1) is 8.86. The van der Waals surface area contributed by atoms with Gasteiger partial charge in [-0.15, -0.1) is 37.2 Å². The van der Waals surface area contributed by atoms with Crippen LogP contribution >= 0.6 is 37.2 Å². The number of carboxylic acid groups (broad SMARTS) is 1. The van der Waals surface area contributed by atoms with Gasteiger partial charge in [-0.1, -0.05) is 6.92 Å². The van der Waals surface area contributed by atoms with Crippen LogP contribution in [0, 0.1) is 17.0 Å². The Morgan fingerprint density at radius 2 is 1.78 bits per heavy atom. The van der Waals surface area contributed by atoms with Crippen LogP contribution in [0.5, 0.6) is 0 Å². The van der Waals surface area contributed by atoms with E-state index in [0.29, 0.717) is 12.0 Å². The van der Waals surface area contributed by atoms with Gasteiger partial charge in [-0.3, -0.25) is 14.9 Å². The van der Waals surface area contributed by atoms with E-state index in [2.05, 4.69) is 5.32 Å². The molecule has 0 atom stereocenters. The van der Waals surface area contributed by atoms with Crippen molar-refractivity contribution in [2.24, 2.45) is 0 Å². The van der Waals surface area contributed by atoms with Crippen LogP contribution in [0.1, 0.15) is 35.7 Å². The molecule has 0 aliphatic heterocycles. The van der Waals surface area contributed by atoms with E-state index in [9.17, 15) is 19.7 Å². The monoisotopic (exact) mass is 422 g/mol. The number of nitro benzene ring substituents is 1. The van der Waals surface area contributed by atoms with Gasteiger partial charge in [0.05, 0.1) is 10.5 Å². The molecule has 11 heteroatoms. The fourth-order valence-electron chi connectivity index (χ4n) is 1.63. The van der Waals surface area contributed by atoms with E-state index in [4.69, 9.17) is 5.11 Å². The number of carboxylic acids is 1. The van der Waals surface area contributed by atoms with Crippen LogP contribution in [0.15, 0.2) is 12.1 Å². The fourth-order valence-corrected chi connectivity index (χ4v) is 1.63. The summed E-state index contributed by atoms with van der Waals surface area (Å²) in [6, 6.07) is 2.23. The van der Waals surface area contributed by atoms with Gasteiger partial charge in [0.1, 0.15) is 5.69 Å². The van der Waals surface area contributed by atoms with Crippen molar-refractivity contribution in [3.8, 4) is 0 Å². The molecule has 0 bridgehead atoms. The van der Waals surface area contributed by atoms with Crippen LogP contribution in [0.2, 0.25) is 0 Å². The Hall–Kier alpha value is -0.856. The molecule has 0 saturated carbocycles. The van der Waals surface area contributed by atoms with Crippen molar-refractivity contribution in [3.05, 3.63) is 33.4 Å². The molecule has 0 fully saturated rings. The van der Waals surface area contributed by atoms with Crippen molar-refractivity contribution in [2.75, 3.05) is 5.32 Å². The minimum absolute atomic E-state index is 0. The maximum Gasteiger partial charge on any atom is 0.335 e. The van der Waals surface area contributed by atoms with E-state index in [1.165, 1.54) is 13.0 Å². The minimum Gasteiger partial charge on any atom is -0.478 e. The molecule has 1 aromatic carbocycles. The van der Waals surface area contributed by atoms with E-state index in [0.717, 1.165) is 6.07 Å². The number of amides is 1. The Balaban J connectivity index is -0.000000451. The summed E-state index contributed by atoms with van der Waals surface area (Å²) in [7, 11) is 0. The molecule has 0 aliphatic rings. The van der Waals surface area contributed by atoms with Gasteiger partial charge in [0.2, 0.25) is 5.91 Å². The van der Waals surface area contributed by atoms with Crippen molar-refractivity contribution >= 4 is 60.5 Å². The number of hydrogen-bond donors (Lipinski definition) is 2. The number of nitro groups is 1. The number of aryl methyl sites for hydroxylation is 1. The maximum absolute atomic E-state index is 11.5. The first-order valence-electron chi connectivity index (χ1n) is 5.69. The number of hydrogen-bond acceptors (Lipinski definition) is 4. The third kappa shape index (κ3) is 8.53. The summed E-state index contributed by atoms with van der Waals surface area (Å²) in [5.41, 5.74) is -0.205. The molecule has 23 heavy (non-hydrogen) atoms. The number of carbonyl (C=O) groups is 2. The SMILES string of the molecule is CCCC(=O)Nc1c(C)cc(C(=O)O)cc1[N+](=O)[O-].Cl.Cl.Cl.[Ti]. The summed E-state index contributed by atoms with van der Waals surface area (Å²) in [5, 5.41) is 22.3. The Morgan fingerprint density at radius 1 is 1.26 bits per heavy atom. The van der Waals surface area contributed by atoms with Gasteiger partial charge in [0, 0.05) is 34.2 Å². The third-order valence-corrected chi connectivity index (χ3v) is 2.50. The molecule has 130 valence electrons. The predicted octanol–water partition coefficient (Wildman–Crippen LogP) is 3.60. The Labute approximate surface area is 166 Å². The number of aromatic carboxylic acids is 1. The molecule has 1 amide bonds. The predicted molar refractivity (Wildman–Crippen MR) is 90.1 cm³/mol. The molecular formula is C12H17Cl3N2O5Ti. The molecule has 0 aliphatic carbocycles. The number of nitrogens with one attached hydrogen (secondary N) is 1. The van der Waals surface area contributed by atoms with Crippen LogP contribution in [0.25, 0.3) is 0 Å². The van der Waals surface area contributed by atoms with Crippen LogP contribution in [0.4, 0.5) is 11.4 Å². The van der Waals surface area contributed by atoms with Crippen molar-refractivity contribution in [2.45, 2.75) is 26.7 Å². The first-order valence-corrected chi connectivity index (χ1v) is 5.69. The zero-order valence-electron chi connectivity index (χ0n) is 12.3. The molecule has 0 spiro atoms. The topological polar surface area (TPSA) is 110 Å². The number of benzene rings is 1. The summed E-state index contributed by atoms with van der Waals surface area (Å²) >= 11 is 0. The average Bonchev–Trinajstić information content (AvgIpc) is 2.31. The normalized spacial score (nSPS) is 8.26. The van der Waals surface area contributed by atoms with Gasteiger partial charge in [-0.2, -0.15) is 0 Å². The van der Waals surface area contributed by atoms with Crippen molar-refractivity contribution < 1.29 is 41.3 Å². The first kappa shape index (κ1) is 30.1. The van der Waals surface area contributed by atoms with Crippen molar-refractivity contribution in [1.82, 2.24) is 0 Å². The number of rotatable bonds is 5. The van der Waals surface area contributed by atoms with Crippen LogP contribution in [-0.2, 0) is 26.5 Å². The van der Waals surface area contributed by atoms with Crippen LogP contribution in [0.3, 0.4) is 0 Å². The molecule has 1 rings (SSSR count). The number of anilines is 1.